The van der Waals surface area contributed by atoms with Crippen LogP contribution < -0.4 is 4.90 Å². The number of nitrogens with zero attached hydrogens (tertiary/aromatic N) is 4. The largest absolute Gasteiger partial charge is 0.417 e. The van der Waals surface area contributed by atoms with Crippen LogP contribution in [-0.2, 0) is 6.18 Å². The molecule has 1 aliphatic rings. The Morgan fingerprint density at radius 3 is 2.52 bits per heavy atom. The van der Waals surface area contributed by atoms with E-state index in [0.717, 1.165) is 12.3 Å². The molecule has 0 aliphatic carbocycles. The fraction of sp³-hybridized carbons (Fsp3) is 0.368. The molecule has 7 nitrogen and oxygen atoms in total. The number of alkyl halides is 3. The van der Waals surface area contributed by atoms with E-state index in [1.165, 1.54) is 18.2 Å². The Morgan fingerprint density at radius 2 is 1.90 bits per heavy atom. The maximum Gasteiger partial charge on any atom is 0.417 e. The van der Waals surface area contributed by atoms with Gasteiger partial charge >= 0.3 is 6.18 Å². The summed E-state index contributed by atoms with van der Waals surface area (Å²) in [6.07, 6.45) is -3.04. The Labute approximate surface area is 164 Å². The number of aromatic nitrogens is 1. The number of anilines is 1. The molecule has 2 heterocycles. The molecule has 0 spiro atoms. The minimum Gasteiger partial charge on any atom is -0.355 e. The zero-order chi connectivity index (χ0) is 21.2. The summed E-state index contributed by atoms with van der Waals surface area (Å²) in [5.41, 5.74) is -0.330. The van der Waals surface area contributed by atoms with Crippen molar-refractivity contribution < 1.29 is 22.9 Å². The van der Waals surface area contributed by atoms with Crippen molar-refractivity contribution in [2.45, 2.75) is 19.5 Å². The van der Waals surface area contributed by atoms with Gasteiger partial charge in [0.15, 0.2) is 0 Å². The van der Waals surface area contributed by atoms with E-state index in [4.69, 9.17) is 0 Å². The number of amides is 1. The van der Waals surface area contributed by atoms with Crippen LogP contribution in [0.3, 0.4) is 0 Å². The number of hydrogen-bond donors (Lipinski definition) is 0. The third kappa shape index (κ3) is 4.47. The highest BCUT2D eigenvalue weighted by Gasteiger charge is 2.31. The molecule has 3 rings (SSSR count). The van der Waals surface area contributed by atoms with Gasteiger partial charge in [-0.25, -0.2) is 4.98 Å². The predicted octanol–water partition coefficient (Wildman–Crippen LogP) is 3.67. The molecular weight excluding hydrogens is 389 g/mol. The molecule has 0 radical (unpaired) electrons. The summed E-state index contributed by atoms with van der Waals surface area (Å²) >= 11 is 0. The van der Waals surface area contributed by atoms with Crippen LogP contribution in [0.2, 0.25) is 0 Å². The second-order valence-corrected chi connectivity index (χ2v) is 6.74. The first-order valence-corrected chi connectivity index (χ1v) is 9.00. The molecule has 0 bridgehead atoms. The highest BCUT2D eigenvalue weighted by Crippen LogP contribution is 2.29. The fourth-order valence-electron chi connectivity index (χ4n) is 3.31. The lowest BCUT2D eigenvalue weighted by Crippen LogP contribution is -2.35. The smallest absolute Gasteiger partial charge is 0.355 e. The van der Waals surface area contributed by atoms with Crippen molar-refractivity contribution in [3.63, 3.8) is 0 Å². The number of halogens is 3. The minimum absolute atomic E-state index is 0.110. The van der Waals surface area contributed by atoms with Gasteiger partial charge in [0.1, 0.15) is 5.82 Å². The standard InChI is InChI=1S/C19H19F3N4O3/c1-13-15(4-2-5-16(13)26(28)29)18(27)25-9-3-8-24(10-11-25)17-7-6-14(12-23-17)19(20,21)22/h2,4-7,12H,3,8-11H2,1H3. The van der Waals surface area contributed by atoms with E-state index in [1.54, 1.807) is 17.9 Å². The third-order valence-corrected chi connectivity index (χ3v) is 4.91. The van der Waals surface area contributed by atoms with E-state index in [1.807, 2.05) is 4.90 Å². The van der Waals surface area contributed by atoms with E-state index in [-0.39, 0.29) is 17.2 Å². The average molecular weight is 408 g/mol. The summed E-state index contributed by atoms with van der Waals surface area (Å²) in [5, 5.41) is 11.1. The van der Waals surface area contributed by atoms with E-state index >= 15 is 0 Å². The maximum atomic E-state index is 12.9. The molecule has 10 heteroatoms. The number of rotatable bonds is 3. The van der Waals surface area contributed by atoms with Gasteiger partial charge in [0.05, 0.1) is 10.5 Å². The van der Waals surface area contributed by atoms with Gasteiger partial charge in [-0.15, -0.1) is 0 Å². The van der Waals surface area contributed by atoms with Crippen LogP contribution in [0.1, 0.15) is 27.9 Å². The van der Waals surface area contributed by atoms with Crippen LogP contribution >= 0.6 is 0 Å². The van der Waals surface area contributed by atoms with Crippen LogP contribution in [0.15, 0.2) is 36.5 Å². The van der Waals surface area contributed by atoms with Crippen molar-refractivity contribution in [3.8, 4) is 0 Å². The topological polar surface area (TPSA) is 79.6 Å². The van der Waals surface area contributed by atoms with Gasteiger partial charge in [0.25, 0.3) is 11.6 Å². The molecule has 0 unspecified atom stereocenters. The van der Waals surface area contributed by atoms with E-state index in [9.17, 15) is 28.1 Å². The lowest BCUT2D eigenvalue weighted by atomic mass is 10.1. The molecular formula is C19H19F3N4O3. The first-order valence-electron chi connectivity index (χ1n) is 9.00. The Balaban J connectivity index is 1.72. The van der Waals surface area contributed by atoms with Crippen molar-refractivity contribution in [3.05, 3.63) is 63.3 Å². The lowest BCUT2D eigenvalue weighted by molar-refractivity contribution is -0.385. The van der Waals surface area contributed by atoms with E-state index in [0.29, 0.717) is 44.0 Å². The first-order chi connectivity index (χ1) is 13.7. The number of hydrogen-bond acceptors (Lipinski definition) is 5. The normalized spacial score (nSPS) is 15.2. The third-order valence-electron chi connectivity index (χ3n) is 4.91. The van der Waals surface area contributed by atoms with Crippen molar-refractivity contribution in [2.24, 2.45) is 0 Å². The predicted molar refractivity (Wildman–Crippen MR) is 99.8 cm³/mol. The van der Waals surface area contributed by atoms with Gasteiger partial charge in [-0.05, 0) is 31.5 Å². The zero-order valence-electron chi connectivity index (χ0n) is 15.6. The summed E-state index contributed by atoms with van der Waals surface area (Å²) < 4.78 is 38.1. The Hall–Kier alpha value is -3.17. The van der Waals surface area contributed by atoms with Crippen molar-refractivity contribution in [1.29, 1.82) is 0 Å². The maximum absolute atomic E-state index is 12.9. The summed E-state index contributed by atoms with van der Waals surface area (Å²) in [6.45, 7) is 3.26. The quantitative estimate of drug-likeness (QED) is 0.572. The Bertz CT molecular complexity index is 916. The lowest BCUT2D eigenvalue weighted by Gasteiger charge is -2.23. The molecule has 1 aliphatic heterocycles. The Morgan fingerprint density at radius 1 is 1.14 bits per heavy atom. The van der Waals surface area contributed by atoms with Gasteiger partial charge in [0, 0.05) is 49.6 Å². The van der Waals surface area contributed by atoms with Gasteiger partial charge < -0.3 is 9.80 Å². The van der Waals surface area contributed by atoms with Crippen molar-refractivity contribution in [2.75, 3.05) is 31.1 Å². The number of carbonyl (C=O) groups is 1. The molecule has 1 fully saturated rings. The van der Waals surface area contributed by atoms with E-state index in [2.05, 4.69) is 4.98 Å². The van der Waals surface area contributed by atoms with E-state index < -0.39 is 16.7 Å². The molecule has 2 aromatic rings. The summed E-state index contributed by atoms with van der Waals surface area (Å²) in [5.74, 6) is 0.118. The zero-order valence-corrected chi connectivity index (χ0v) is 15.6. The number of nitro groups is 1. The van der Waals surface area contributed by atoms with Gasteiger partial charge in [-0.2, -0.15) is 13.2 Å². The second kappa shape index (κ2) is 8.06. The molecule has 1 amide bonds. The summed E-state index contributed by atoms with van der Waals surface area (Å²) in [7, 11) is 0. The molecule has 0 atom stereocenters. The first kappa shape index (κ1) is 20.6. The van der Waals surface area contributed by atoms with Gasteiger partial charge in [-0.1, -0.05) is 6.07 Å². The van der Waals surface area contributed by atoms with Gasteiger partial charge in [0.2, 0.25) is 0 Å². The average Bonchev–Trinajstić information content (AvgIpc) is 2.93. The molecule has 0 N–H and O–H groups in total. The van der Waals surface area contributed by atoms with Crippen LogP contribution in [-0.4, -0.2) is 46.9 Å². The number of benzene rings is 1. The highest BCUT2D eigenvalue weighted by molar-refractivity contribution is 5.96. The Kier molecular flexibility index (Phi) is 5.71. The number of nitro benzene ring substituents is 1. The summed E-state index contributed by atoms with van der Waals surface area (Å²) in [6, 6.07) is 6.71. The van der Waals surface area contributed by atoms with Crippen LogP contribution in [0.4, 0.5) is 24.7 Å². The minimum atomic E-state index is -4.44. The number of carbonyl (C=O) groups excluding carboxylic acids is 1. The molecule has 0 saturated carbocycles. The SMILES string of the molecule is Cc1c(C(=O)N2CCCN(c3ccc(C(F)(F)F)cn3)CC2)cccc1[N+](=O)[O-]. The summed E-state index contributed by atoms with van der Waals surface area (Å²) in [4.78, 5) is 30.8. The second-order valence-electron chi connectivity index (χ2n) is 6.74. The van der Waals surface area contributed by atoms with Gasteiger partial charge in [-0.3, -0.25) is 14.9 Å². The van der Waals surface area contributed by atoms with Crippen LogP contribution in [0.25, 0.3) is 0 Å². The fourth-order valence-corrected chi connectivity index (χ4v) is 3.31. The molecule has 1 saturated heterocycles. The molecule has 29 heavy (non-hydrogen) atoms. The molecule has 1 aromatic carbocycles. The number of pyridine rings is 1. The monoisotopic (exact) mass is 408 g/mol. The van der Waals surface area contributed by atoms with Crippen molar-refractivity contribution >= 4 is 17.4 Å². The van der Waals surface area contributed by atoms with Crippen molar-refractivity contribution in [1.82, 2.24) is 9.88 Å². The molecule has 154 valence electrons. The van der Waals surface area contributed by atoms with Crippen LogP contribution in [0.5, 0.6) is 0 Å². The highest BCUT2D eigenvalue weighted by atomic mass is 19.4. The van der Waals surface area contributed by atoms with Crippen LogP contribution in [0, 0.1) is 17.0 Å². The molecule has 1 aromatic heterocycles.